The van der Waals surface area contributed by atoms with Crippen LogP contribution in [0.15, 0.2) is 42.5 Å². The van der Waals surface area contributed by atoms with Gasteiger partial charge in [0.05, 0.1) is 17.1 Å². The summed E-state index contributed by atoms with van der Waals surface area (Å²) in [6.07, 6.45) is -2.60. The van der Waals surface area contributed by atoms with Gasteiger partial charge in [-0.25, -0.2) is 18.6 Å². The molecule has 0 aliphatic carbocycles. The zero-order chi connectivity index (χ0) is 18.5. The summed E-state index contributed by atoms with van der Waals surface area (Å²) in [5.41, 5.74) is 1.68. The number of ether oxygens (including phenoxy) is 1. The molecule has 9 heteroatoms. The first kappa shape index (κ1) is 17.6. The number of fused-ring (bicyclic) bond motifs is 1. The van der Waals surface area contributed by atoms with Crippen molar-refractivity contribution in [2.45, 2.75) is 19.4 Å². The lowest BCUT2D eigenvalue weighted by molar-refractivity contribution is 0.0796. The molecule has 136 valence electrons. The number of hydrogen-bond acceptors (Lipinski definition) is 4. The van der Waals surface area contributed by atoms with Crippen LogP contribution in [-0.4, -0.2) is 34.0 Å². The number of amides is 2. The number of aromatic nitrogens is 3. The highest BCUT2D eigenvalue weighted by Gasteiger charge is 2.14. The molecular formula is C17H17F2N5O2. The van der Waals surface area contributed by atoms with E-state index in [2.05, 4.69) is 25.6 Å². The molecule has 2 heterocycles. The van der Waals surface area contributed by atoms with Crippen LogP contribution in [0.25, 0.3) is 11.0 Å². The van der Waals surface area contributed by atoms with Gasteiger partial charge in [0.15, 0.2) is 6.61 Å². The molecule has 0 aliphatic rings. The summed E-state index contributed by atoms with van der Waals surface area (Å²) >= 11 is 0. The van der Waals surface area contributed by atoms with Crippen LogP contribution in [0.1, 0.15) is 18.8 Å². The van der Waals surface area contributed by atoms with Crippen LogP contribution < -0.4 is 15.4 Å². The van der Waals surface area contributed by atoms with Crippen LogP contribution in [0.3, 0.4) is 0 Å². The normalized spacial score (nSPS) is 12.2. The molecular weight excluding hydrogens is 344 g/mol. The molecule has 26 heavy (non-hydrogen) atoms. The Labute approximate surface area is 147 Å². The number of para-hydroxylation sites is 2. The van der Waals surface area contributed by atoms with E-state index >= 15 is 0 Å². The lowest BCUT2D eigenvalue weighted by Gasteiger charge is -2.12. The maximum atomic E-state index is 12.2. The monoisotopic (exact) mass is 361 g/mol. The Morgan fingerprint density at radius 2 is 2.00 bits per heavy atom. The van der Waals surface area contributed by atoms with E-state index in [0.717, 1.165) is 11.0 Å². The third-order valence-corrected chi connectivity index (χ3v) is 3.49. The van der Waals surface area contributed by atoms with Crippen molar-refractivity contribution in [3.63, 3.8) is 0 Å². The summed E-state index contributed by atoms with van der Waals surface area (Å²) in [6, 6.07) is 11.2. The molecule has 3 rings (SSSR count). The predicted molar refractivity (Wildman–Crippen MR) is 92.4 cm³/mol. The maximum absolute atomic E-state index is 12.2. The van der Waals surface area contributed by atoms with Crippen molar-refractivity contribution in [3.8, 4) is 5.88 Å². The van der Waals surface area contributed by atoms with Gasteiger partial charge in [-0.1, -0.05) is 18.2 Å². The SMILES string of the molecule is CC(NC(=O)Nc1cccc(OCC(F)F)n1)c1nc2ccccc2[nH]1. The Bertz CT molecular complexity index is 867. The lowest BCUT2D eigenvalue weighted by atomic mass is 10.3. The van der Waals surface area contributed by atoms with Gasteiger partial charge in [-0.05, 0) is 25.1 Å². The number of H-pyrrole nitrogens is 1. The zero-order valence-electron chi connectivity index (χ0n) is 13.9. The van der Waals surface area contributed by atoms with Gasteiger partial charge in [-0.15, -0.1) is 0 Å². The van der Waals surface area contributed by atoms with Gasteiger partial charge in [0.1, 0.15) is 11.6 Å². The second kappa shape index (κ2) is 7.77. The summed E-state index contributed by atoms with van der Waals surface area (Å²) in [7, 11) is 0. The molecule has 1 aromatic carbocycles. The van der Waals surface area contributed by atoms with Crippen molar-refractivity contribution < 1.29 is 18.3 Å². The van der Waals surface area contributed by atoms with Gasteiger partial charge in [0.2, 0.25) is 5.88 Å². The van der Waals surface area contributed by atoms with E-state index in [1.165, 1.54) is 12.1 Å². The third kappa shape index (κ3) is 4.44. The van der Waals surface area contributed by atoms with Crippen LogP contribution in [0.2, 0.25) is 0 Å². The van der Waals surface area contributed by atoms with Crippen LogP contribution in [0, 0.1) is 0 Å². The number of imidazole rings is 1. The molecule has 1 unspecified atom stereocenters. The molecule has 3 N–H and O–H groups in total. The first-order chi connectivity index (χ1) is 12.5. The molecule has 0 aliphatic heterocycles. The van der Waals surface area contributed by atoms with E-state index in [0.29, 0.717) is 5.82 Å². The van der Waals surface area contributed by atoms with Gasteiger partial charge in [0.25, 0.3) is 6.43 Å². The standard InChI is InChI=1S/C17H17F2N5O2/c1-10(16-21-11-5-2-3-6-12(11)22-16)20-17(25)24-14-7-4-8-15(23-14)26-9-13(18)19/h2-8,10,13H,9H2,1H3,(H,21,22)(H2,20,23,24,25). The number of nitrogens with one attached hydrogen (secondary N) is 3. The van der Waals surface area contributed by atoms with Crippen LogP contribution in [0.4, 0.5) is 19.4 Å². The van der Waals surface area contributed by atoms with E-state index in [9.17, 15) is 13.6 Å². The smallest absolute Gasteiger partial charge is 0.320 e. The summed E-state index contributed by atoms with van der Waals surface area (Å²) < 4.78 is 29.2. The van der Waals surface area contributed by atoms with Crippen molar-refractivity contribution in [1.29, 1.82) is 0 Å². The molecule has 0 radical (unpaired) electrons. The van der Waals surface area contributed by atoms with E-state index in [1.807, 2.05) is 24.3 Å². The van der Waals surface area contributed by atoms with E-state index < -0.39 is 19.1 Å². The average Bonchev–Trinajstić information content (AvgIpc) is 3.04. The van der Waals surface area contributed by atoms with Gasteiger partial charge in [-0.2, -0.15) is 4.98 Å². The number of carbonyl (C=O) groups excluding carboxylic acids is 1. The Balaban J connectivity index is 1.60. The molecule has 0 fully saturated rings. The van der Waals surface area contributed by atoms with E-state index in [-0.39, 0.29) is 17.7 Å². The maximum Gasteiger partial charge on any atom is 0.320 e. The fourth-order valence-corrected chi connectivity index (χ4v) is 2.31. The highest BCUT2D eigenvalue weighted by Crippen LogP contribution is 2.16. The minimum absolute atomic E-state index is 0.00781. The summed E-state index contributed by atoms with van der Waals surface area (Å²) in [5.74, 6) is 0.808. The van der Waals surface area contributed by atoms with Gasteiger partial charge >= 0.3 is 6.03 Å². The minimum atomic E-state index is -2.60. The molecule has 2 amide bonds. The molecule has 2 aromatic heterocycles. The molecule has 0 bridgehead atoms. The second-order valence-corrected chi connectivity index (χ2v) is 5.52. The Hall–Kier alpha value is -3.23. The fourth-order valence-electron chi connectivity index (χ4n) is 2.31. The van der Waals surface area contributed by atoms with Crippen LogP contribution in [-0.2, 0) is 0 Å². The number of urea groups is 1. The number of benzene rings is 1. The number of halogens is 2. The van der Waals surface area contributed by atoms with Crippen molar-refractivity contribution in [1.82, 2.24) is 20.3 Å². The van der Waals surface area contributed by atoms with Crippen molar-refractivity contribution >= 4 is 22.9 Å². The van der Waals surface area contributed by atoms with E-state index in [1.54, 1.807) is 13.0 Å². The third-order valence-electron chi connectivity index (χ3n) is 3.49. The second-order valence-electron chi connectivity index (χ2n) is 5.52. The lowest BCUT2D eigenvalue weighted by Crippen LogP contribution is -2.32. The first-order valence-electron chi connectivity index (χ1n) is 7.91. The van der Waals surface area contributed by atoms with Gasteiger partial charge in [0, 0.05) is 6.07 Å². The number of aromatic amines is 1. The number of rotatable bonds is 6. The fraction of sp³-hybridized carbons (Fsp3) is 0.235. The van der Waals surface area contributed by atoms with Crippen LogP contribution in [0.5, 0.6) is 5.88 Å². The number of nitrogens with zero attached hydrogens (tertiary/aromatic N) is 2. The van der Waals surface area contributed by atoms with Crippen molar-refractivity contribution in [3.05, 3.63) is 48.3 Å². The number of carbonyl (C=O) groups is 1. The highest BCUT2D eigenvalue weighted by molar-refractivity contribution is 5.88. The Kier molecular flexibility index (Phi) is 5.26. The van der Waals surface area contributed by atoms with Gasteiger partial charge < -0.3 is 15.0 Å². The molecule has 0 saturated carbocycles. The predicted octanol–water partition coefficient (Wildman–Crippen LogP) is 3.48. The Morgan fingerprint density at radius 1 is 1.19 bits per heavy atom. The molecule has 1 atom stereocenters. The summed E-state index contributed by atoms with van der Waals surface area (Å²) in [4.78, 5) is 23.6. The van der Waals surface area contributed by atoms with Gasteiger partial charge in [-0.3, -0.25) is 5.32 Å². The number of pyridine rings is 1. The van der Waals surface area contributed by atoms with E-state index in [4.69, 9.17) is 4.74 Å². The molecule has 0 spiro atoms. The molecule has 7 nitrogen and oxygen atoms in total. The minimum Gasteiger partial charge on any atom is -0.472 e. The summed E-state index contributed by atoms with van der Waals surface area (Å²) in [5, 5.41) is 5.26. The van der Waals surface area contributed by atoms with Crippen molar-refractivity contribution in [2.24, 2.45) is 0 Å². The molecule has 3 aromatic rings. The Morgan fingerprint density at radius 3 is 2.77 bits per heavy atom. The topological polar surface area (TPSA) is 91.9 Å². The largest absolute Gasteiger partial charge is 0.472 e. The van der Waals surface area contributed by atoms with Crippen molar-refractivity contribution in [2.75, 3.05) is 11.9 Å². The first-order valence-corrected chi connectivity index (χ1v) is 7.91. The average molecular weight is 361 g/mol. The number of alkyl halides is 2. The summed E-state index contributed by atoms with van der Waals surface area (Å²) in [6.45, 7) is 1.03. The van der Waals surface area contributed by atoms with Crippen LogP contribution >= 0.6 is 0 Å². The quantitative estimate of drug-likeness (QED) is 0.627. The number of anilines is 1. The zero-order valence-corrected chi connectivity index (χ0v) is 13.9. The molecule has 0 saturated heterocycles. The highest BCUT2D eigenvalue weighted by atomic mass is 19.3. The number of hydrogen-bond donors (Lipinski definition) is 3.